The van der Waals surface area contributed by atoms with Gasteiger partial charge in [0.1, 0.15) is 0 Å². The molecule has 0 aromatic carbocycles. The second-order valence-corrected chi connectivity index (χ2v) is 2.28. The number of hydrogen-bond donors (Lipinski definition) is 1. The molecule has 2 rings (SSSR count). The molecule has 0 bridgehead atoms. The fraction of sp³-hybridized carbons (Fsp3) is 0. The predicted molar refractivity (Wildman–Crippen MR) is 42.3 cm³/mol. The highest BCUT2D eigenvalue weighted by Crippen LogP contribution is 2.08. The molecule has 0 saturated carbocycles. The van der Waals surface area contributed by atoms with Crippen molar-refractivity contribution >= 4 is 24.2 Å². The first-order valence-electron chi connectivity index (χ1n) is 3.12. The van der Waals surface area contributed by atoms with E-state index in [4.69, 9.17) is 5.73 Å². The van der Waals surface area contributed by atoms with Gasteiger partial charge in [0.05, 0.1) is 17.6 Å². The highest BCUT2D eigenvalue weighted by atomic mass is 14.9. The van der Waals surface area contributed by atoms with Crippen LogP contribution in [0.25, 0.3) is 0 Å². The van der Waals surface area contributed by atoms with Crippen molar-refractivity contribution < 1.29 is 0 Å². The van der Waals surface area contributed by atoms with Gasteiger partial charge in [-0.3, -0.25) is 4.98 Å². The van der Waals surface area contributed by atoms with E-state index in [1.54, 1.807) is 12.4 Å². The molecule has 0 aliphatic carbocycles. The molecule has 0 saturated heterocycles. The summed E-state index contributed by atoms with van der Waals surface area (Å²) in [5.41, 5.74) is 8.28. The third-order valence-corrected chi connectivity index (χ3v) is 1.52. The molecule has 1 aromatic rings. The lowest BCUT2D eigenvalue weighted by Gasteiger charge is -1.90. The van der Waals surface area contributed by atoms with E-state index < -0.39 is 0 Å². The van der Waals surface area contributed by atoms with Crippen LogP contribution in [-0.2, 0) is 0 Å². The molecule has 3 nitrogen and oxygen atoms in total. The smallest absolute Gasteiger partial charge is 0.240 e. The van der Waals surface area contributed by atoms with Crippen molar-refractivity contribution in [2.45, 2.75) is 0 Å². The molecule has 0 fully saturated rings. The van der Waals surface area contributed by atoms with Crippen molar-refractivity contribution in [2.24, 2.45) is 10.7 Å². The summed E-state index contributed by atoms with van der Waals surface area (Å²) in [6.45, 7) is 0. The molecule has 2 heterocycles. The molecule has 0 unspecified atom stereocenters. The average molecular weight is 131 g/mol. The van der Waals surface area contributed by atoms with E-state index in [1.165, 1.54) is 5.46 Å². The third-order valence-electron chi connectivity index (χ3n) is 1.52. The SMILES string of the molecule is NC1=Nc2cnccc2B1. The van der Waals surface area contributed by atoms with Crippen molar-refractivity contribution in [3.05, 3.63) is 18.5 Å². The van der Waals surface area contributed by atoms with Crippen LogP contribution in [0.4, 0.5) is 5.69 Å². The number of nitrogens with two attached hydrogens (primary N) is 1. The molecule has 1 aromatic heterocycles. The van der Waals surface area contributed by atoms with Crippen LogP contribution in [0, 0.1) is 0 Å². The largest absolute Gasteiger partial charge is 0.395 e. The summed E-state index contributed by atoms with van der Waals surface area (Å²) in [5.74, 6) is 0. The van der Waals surface area contributed by atoms with E-state index in [9.17, 15) is 0 Å². The number of rotatable bonds is 0. The maximum absolute atomic E-state index is 5.51. The lowest BCUT2D eigenvalue weighted by molar-refractivity contribution is 1.32. The van der Waals surface area contributed by atoms with Crippen LogP contribution in [0.15, 0.2) is 23.5 Å². The molecule has 1 aliphatic rings. The van der Waals surface area contributed by atoms with Crippen molar-refractivity contribution in [3.8, 4) is 0 Å². The minimum atomic E-state index is 0.683. The highest BCUT2D eigenvalue weighted by molar-refractivity contribution is 6.87. The highest BCUT2D eigenvalue weighted by Gasteiger charge is 2.11. The lowest BCUT2D eigenvalue weighted by Crippen LogP contribution is -2.24. The summed E-state index contributed by atoms with van der Waals surface area (Å²) in [6.07, 6.45) is 3.49. The van der Waals surface area contributed by atoms with Gasteiger partial charge in [0.2, 0.25) is 7.28 Å². The number of aromatic nitrogens is 1. The van der Waals surface area contributed by atoms with E-state index in [2.05, 4.69) is 9.98 Å². The third kappa shape index (κ3) is 0.691. The van der Waals surface area contributed by atoms with Crippen LogP contribution in [0.3, 0.4) is 0 Å². The van der Waals surface area contributed by atoms with Crippen LogP contribution in [0.5, 0.6) is 0 Å². The van der Waals surface area contributed by atoms with Crippen LogP contribution in [0.1, 0.15) is 0 Å². The molecule has 0 amide bonds. The zero-order chi connectivity index (χ0) is 6.97. The minimum Gasteiger partial charge on any atom is -0.395 e. The first kappa shape index (κ1) is 5.47. The quantitative estimate of drug-likeness (QED) is 0.464. The van der Waals surface area contributed by atoms with E-state index in [0.717, 1.165) is 13.0 Å². The second-order valence-electron chi connectivity index (χ2n) is 2.28. The van der Waals surface area contributed by atoms with Crippen LogP contribution >= 0.6 is 0 Å². The van der Waals surface area contributed by atoms with Gasteiger partial charge in [-0.05, 0) is 11.5 Å². The Labute approximate surface area is 59.2 Å². The maximum Gasteiger partial charge on any atom is 0.240 e. The second kappa shape index (κ2) is 1.83. The summed E-state index contributed by atoms with van der Waals surface area (Å²) >= 11 is 0. The molecule has 4 heteroatoms. The van der Waals surface area contributed by atoms with E-state index in [0.29, 0.717) is 5.73 Å². The molecule has 10 heavy (non-hydrogen) atoms. The summed E-state index contributed by atoms with van der Waals surface area (Å²) in [4.78, 5) is 8.01. The standard InChI is InChI=1S/C6H6BN3/c8-6-7-4-1-2-9-3-5(4)10-6/h1-3,7H,(H2,8,10). The van der Waals surface area contributed by atoms with E-state index in [-0.39, 0.29) is 0 Å². The van der Waals surface area contributed by atoms with Gasteiger partial charge < -0.3 is 5.73 Å². The van der Waals surface area contributed by atoms with Crippen LogP contribution < -0.4 is 11.2 Å². The van der Waals surface area contributed by atoms with Gasteiger partial charge in [-0.2, -0.15) is 0 Å². The van der Waals surface area contributed by atoms with Crippen molar-refractivity contribution in [1.82, 2.24) is 4.98 Å². The number of aliphatic imine (C=N–C) groups is 1. The molecular formula is C6H6BN3. The van der Waals surface area contributed by atoms with Gasteiger partial charge >= 0.3 is 0 Å². The summed E-state index contributed by atoms with van der Waals surface area (Å²) in [7, 11) is 0.776. The molecule has 1 aliphatic heterocycles. The van der Waals surface area contributed by atoms with Gasteiger partial charge in [-0.15, -0.1) is 0 Å². The zero-order valence-electron chi connectivity index (χ0n) is 5.41. The molecular weight excluding hydrogens is 125 g/mol. The predicted octanol–water partition coefficient (Wildman–Crippen LogP) is -0.897. The summed E-state index contributed by atoms with van der Waals surface area (Å²) in [6, 6.07) is 1.94. The molecule has 0 radical (unpaired) electrons. The Bertz CT molecular complexity index is 295. The van der Waals surface area contributed by atoms with Crippen molar-refractivity contribution in [1.29, 1.82) is 0 Å². The first-order valence-corrected chi connectivity index (χ1v) is 3.12. The van der Waals surface area contributed by atoms with Crippen molar-refractivity contribution in [3.63, 3.8) is 0 Å². The Hall–Kier alpha value is -1.32. The summed E-state index contributed by atoms with van der Waals surface area (Å²) in [5, 5.41) is 0. The Morgan fingerprint density at radius 1 is 1.50 bits per heavy atom. The topological polar surface area (TPSA) is 51.3 Å². The van der Waals surface area contributed by atoms with E-state index in [1.807, 2.05) is 6.07 Å². The minimum absolute atomic E-state index is 0.683. The van der Waals surface area contributed by atoms with Crippen LogP contribution in [-0.4, -0.2) is 18.0 Å². The number of amidine groups is 1. The average Bonchev–Trinajstić information content (AvgIpc) is 2.27. The summed E-state index contributed by atoms with van der Waals surface area (Å²) < 4.78 is 0. The Morgan fingerprint density at radius 3 is 3.20 bits per heavy atom. The zero-order valence-corrected chi connectivity index (χ0v) is 5.41. The first-order chi connectivity index (χ1) is 4.86. The van der Waals surface area contributed by atoms with Crippen molar-refractivity contribution in [2.75, 3.05) is 0 Å². The number of pyridine rings is 1. The molecule has 0 spiro atoms. The van der Waals surface area contributed by atoms with E-state index >= 15 is 0 Å². The Kier molecular flexibility index (Phi) is 1.00. The van der Waals surface area contributed by atoms with Crippen LogP contribution in [0.2, 0.25) is 0 Å². The molecule has 2 N–H and O–H groups in total. The normalized spacial score (nSPS) is 13.8. The number of fused-ring (bicyclic) bond motifs is 1. The Morgan fingerprint density at radius 2 is 2.40 bits per heavy atom. The van der Waals surface area contributed by atoms with Gasteiger partial charge in [-0.25, -0.2) is 4.99 Å². The maximum atomic E-state index is 5.51. The Balaban J connectivity index is 2.54. The lowest BCUT2D eigenvalue weighted by atomic mass is 9.71. The number of hydrogen-bond acceptors (Lipinski definition) is 3. The molecule has 0 atom stereocenters. The van der Waals surface area contributed by atoms with Gasteiger partial charge in [0, 0.05) is 6.20 Å². The monoisotopic (exact) mass is 131 g/mol. The van der Waals surface area contributed by atoms with Gasteiger partial charge in [0.15, 0.2) is 0 Å². The fourth-order valence-corrected chi connectivity index (χ4v) is 1.05. The fourth-order valence-electron chi connectivity index (χ4n) is 1.05. The van der Waals surface area contributed by atoms with Gasteiger partial charge in [0.25, 0.3) is 0 Å². The molecule has 48 valence electrons. The van der Waals surface area contributed by atoms with Gasteiger partial charge in [-0.1, -0.05) is 0 Å². The number of nitrogens with zero attached hydrogens (tertiary/aromatic N) is 2.